The molecule has 0 fully saturated rings. The van der Waals surface area contributed by atoms with Gasteiger partial charge in [-0.3, -0.25) is 4.90 Å². The molecule has 0 spiro atoms. The van der Waals surface area contributed by atoms with Gasteiger partial charge in [-0.25, -0.2) is 4.98 Å². The van der Waals surface area contributed by atoms with E-state index in [4.69, 9.17) is 10.00 Å². The molecule has 0 saturated carbocycles. The zero-order valence-corrected chi connectivity index (χ0v) is 20.1. The van der Waals surface area contributed by atoms with Crippen LogP contribution in [0.3, 0.4) is 0 Å². The van der Waals surface area contributed by atoms with E-state index in [1.54, 1.807) is 7.11 Å². The summed E-state index contributed by atoms with van der Waals surface area (Å²) in [5.74, 6) is 0.930. The summed E-state index contributed by atoms with van der Waals surface area (Å²) in [4.78, 5) is 7.07. The first kappa shape index (κ1) is 22.9. The van der Waals surface area contributed by atoms with Crippen LogP contribution in [0.4, 0.5) is 0 Å². The fourth-order valence-electron chi connectivity index (χ4n) is 5.05. The van der Waals surface area contributed by atoms with Crippen LogP contribution in [0.2, 0.25) is 0 Å². The number of hydrogen-bond donors (Lipinski definition) is 0. The number of ether oxygens (including phenoxy) is 1. The molecule has 0 radical (unpaired) electrons. The lowest BCUT2D eigenvalue weighted by Crippen LogP contribution is -2.36. The molecule has 0 saturated heterocycles. The van der Waals surface area contributed by atoms with Gasteiger partial charge in [0.25, 0.3) is 0 Å². The molecule has 0 unspecified atom stereocenters. The molecular formula is C30H30N4O. The molecule has 5 rings (SSSR count). The summed E-state index contributed by atoms with van der Waals surface area (Å²) in [7, 11) is 1.73. The van der Waals surface area contributed by atoms with Gasteiger partial charge in [-0.1, -0.05) is 48.5 Å². The summed E-state index contributed by atoms with van der Waals surface area (Å²) in [6.07, 6.45) is 7.01. The maximum atomic E-state index is 9.07. The van der Waals surface area contributed by atoms with Crippen molar-refractivity contribution in [3.63, 3.8) is 0 Å². The highest BCUT2D eigenvalue weighted by atomic mass is 16.5. The minimum Gasteiger partial charge on any atom is -0.497 e. The Morgan fingerprint density at radius 2 is 1.83 bits per heavy atom. The zero-order valence-electron chi connectivity index (χ0n) is 20.1. The van der Waals surface area contributed by atoms with Gasteiger partial charge in [-0.15, -0.1) is 0 Å². The molecule has 1 aromatic heterocycles. The Morgan fingerprint density at radius 1 is 1.00 bits per heavy atom. The van der Waals surface area contributed by atoms with Crippen LogP contribution in [-0.2, 0) is 25.9 Å². The average molecular weight is 463 g/mol. The smallest absolute Gasteiger partial charge is 0.119 e. The van der Waals surface area contributed by atoms with Gasteiger partial charge in [0.05, 0.1) is 30.8 Å². The number of nitrogens with zero attached hydrogens (tertiary/aromatic N) is 4. The second-order valence-corrected chi connectivity index (χ2v) is 9.15. The van der Waals surface area contributed by atoms with Gasteiger partial charge in [-0.2, -0.15) is 5.26 Å². The Bertz CT molecular complexity index is 1300. The van der Waals surface area contributed by atoms with Crippen molar-refractivity contribution >= 4 is 0 Å². The number of aryl methyl sites for hydroxylation is 1. The molecule has 1 aliphatic rings. The van der Waals surface area contributed by atoms with E-state index in [0.29, 0.717) is 11.6 Å². The fourth-order valence-corrected chi connectivity index (χ4v) is 5.05. The zero-order chi connectivity index (χ0) is 24.0. The van der Waals surface area contributed by atoms with Crippen LogP contribution in [0.15, 0.2) is 85.3 Å². The van der Waals surface area contributed by atoms with Gasteiger partial charge in [0.15, 0.2) is 0 Å². The SMILES string of the molecule is COc1ccc2c(c1)CCN(Cc1cncn1Cc1ccc(C#N)cc1)[C@H]2CCc1ccccc1. The maximum Gasteiger partial charge on any atom is 0.119 e. The van der Waals surface area contributed by atoms with E-state index in [1.165, 1.54) is 27.9 Å². The van der Waals surface area contributed by atoms with Gasteiger partial charge in [-0.05, 0) is 65.8 Å². The van der Waals surface area contributed by atoms with E-state index >= 15 is 0 Å². The van der Waals surface area contributed by atoms with Crippen molar-refractivity contribution in [2.24, 2.45) is 0 Å². The standard InChI is InChI=1S/C30H30N4O/c1-35-28-12-13-29-26(17-28)15-16-33(30(29)14-11-23-5-3-2-4-6-23)21-27-19-32-22-34(27)20-25-9-7-24(18-31)8-10-25/h2-10,12-13,17,19,22,30H,11,14-16,20-21H2,1H3/t30-/m0/s1. The van der Waals surface area contributed by atoms with Crippen LogP contribution in [0, 0.1) is 11.3 Å². The number of hydrogen-bond acceptors (Lipinski definition) is 4. The summed E-state index contributed by atoms with van der Waals surface area (Å²) in [6.45, 7) is 2.60. The molecule has 0 amide bonds. The molecule has 35 heavy (non-hydrogen) atoms. The molecule has 176 valence electrons. The lowest BCUT2D eigenvalue weighted by molar-refractivity contribution is 0.163. The van der Waals surface area contributed by atoms with Gasteiger partial charge >= 0.3 is 0 Å². The van der Waals surface area contributed by atoms with Crippen molar-refractivity contribution in [2.75, 3.05) is 13.7 Å². The van der Waals surface area contributed by atoms with Crippen molar-refractivity contribution in [3.8, 4) is 11.8 Å². The van der Waals surface area contributed by atoms with Crippen molar-refractivity contribution in [1.29, 1.82) is 5.26 Å². The first-order chi connectivity index (χ1) is 17.2. The molecular weight excluding hydrogens is 432 g/mol. The number of benzene rings is 3. The normalized spacial score (nSPS) is 15.4. The highest BCUT2D eigenvalue weighted by Crippen LogP contribution is 2.36. The first-order valence-corrected chi connectivity index (χ1v) is 12.2. The van der Waals surface area contributed by atoms with Crippen LogP contribution in [0.1, 0.15) is 46.0 Å². The largest absolute Gasteiger partial charge is 0.497 e. The number of nitriles is 1. The third-order valence-electron chi connectivity index (χ3n) is 6.97. The third-order valence-corrected chi connectivity index (χ3v) is 6.97. The summed E-state index contributed by atoms with van der Waals surface area (Å²) >= 11 is 0. The summed E-state index contributed by atoms with van der Waals surface area (Å²) in [5, 5.41) is 9.07. The second-order valence-electron chi connectivity index (χ2n) is 9.15. The van der Waals surface area contributed by atoms with E-state index in [2.05, 4.69) is 69.1 Å². The van der Waals surface area contributed by atoms with Gasteiger partial charge < -0.3 is 9.30 Å². The molecule has 0 aliphatic carbocycles. The Hall–Kier alpha value is -3.88. The number of aromatic nitrogens is 2. The topological polar surface area (TPSA) is 54.1 Å². The maximum absolute atomic E-state index is 9.07. The predicted molar refractivity (Wildman–Crippen MR) is 137 cm³/mol. The molecule has 0 N–H and O–H groups in total. The molecule has 5 heteroatoms. The second kappa shape index (κ2) is 10.6. The Balaban J connectivity index is 1.37. The van der Waals surface area contributed by atoms with Crippen LogP contribution < -0.4 is 4.74 Å². The first-order valence-electron chi connectivity index (χ1n) is 12.2. The molecule has 1 aliphatic heterocycles. The average Bonchev–Trinajstić information content (AvgIpc) is 3.34. The van der Waals surface area contributed by atoms with Crippen LogP contribution in [0.25, 0.3) is 0 Å². The predicted octanol–water partition coefficient (Wildman–Crippen LogP) is 5.54. The Morgan fingerprint density at radius 3 is 2.60 bits per heavy atom. The van der Waals surface area contributed by atoms with Crippen molar-refractivity contribution in [1.82, 2.24) is 14.5 Å². The van der Waals surface area contributed by atoms with Crippen LogP contribution in [0.5, 0.6) is 5.75 Å². The molecule has 5 nitrogen and oxygen atoms in total. The molecule has 2 heterocycles. The van der Waals surface area contributed by atoms with E-state index in [-0.39, 0.29) is 0 Å². The van der Waals surface area contributed by atoms with E-state index < -0.39 is 0 Å². The van der Waals surface area contributed by atoms with Crippen LogP contribution in [-0.4, -0.2) is 28.1 Å². The van der Waals surface area contributed by atoms with E-state index in [0.717, 1.165) is 44.6 Å². The third kappa shape index (κ3) is 5.29. The quantitative estimate of drug-likeness (QED) is 0.345. The Labute approximate surface area is 207 Å². The number of rotatable bonds is 8. The molecule has 4 aromatic rings. The highest BCUT2D eigenvalue weighted by Gasteiger charge is 2.28. The summed E-state index contributed by atoms with van der Waals surface area (Å²) < 4.78 is 7.72. The van der Waals surface area contributed by atoms with Crippen molar-refractivity contribution in [3.05, 3.63) is 119 Å². The van der Waals surface area contributed by atoms with Crippen molar-refractivity contribution in [2.45, 2.75) is 38.4 Å². The van der Waals surface area contributed by atoms with Gasteiger partial charge in [0.1, 0.15) is 5.75 Å². The minimum atomic E-state index is 0.336. The van der Waals surface area contributed by atoms with Gasteiger partial charge in [0, 0.05) is 31.9 Å². The highest BCUT2D eigenvalue weighted by molar-refractivity contribution is 5.39. The van der Waals surface area contributed by atoms with E-state index in [9.17, 15) is 0 Å². The summed E-state index contributed by atoms with van der Waals surface area (Å²) in [5.41, 5.74) is 7.23. The molecule has 3 aromatic carbocycles. The lowest BCUT2D eigenvalue weighted by Gasteiger charge is -2.38. The van der Waals surface area contributed by atoms with E-state index in [1.807, 2.05) is 36.8 Å². The van der Waals surface area contributed by atoms with Crippen LogP contribution >= 0.6 is 0 Å². The Kier molecular flexibility index (Phi) is 6.92. The minimum absolute atomic E-state index is 0.336. The number of imidazole rings is 1. The number of methoxy groups -OCH3 is 1. The monoisotopic (exact) mass is 462 g/mol. The lowest BCUT2D eigenvalue weighted by atomic mass is 9.88. The summed E-state index contributed by atoms with van der Waals surface area (Å²) in [6, 6.07) is 27.6. The van der Waals surface area contributed by atoms with Crippen molar-refractivity contribution < 1.29 is 4.74 Å². The molecule has 1 atom stereocenters. The fraction of sp³-hybridized carbons (Fsp3) is 0.267. The van der Waals surface area contributed by atoms with Gasteiger partial charge in [0.2, 0.25) is 0 Å². The molecule has 0 bridgehead atoms. The number of fused-ring (bicyclic) bond motifs is 1.